The molecule has 44 heavy (non-hydrogen) atoms. The lowest BCUT2D eigenvalue weighted by Gasteiger charge is -2.49. The molecule has 14 atom stereocenters. The molecule has 1 saturated heterocycles. The molecule has 254 valence electrons. The number of likely N-dealkylation sites (N-methyl/N-ethyl adjacent to an activating group) is 1. The van der Waals surface area contributed by atoms with Crippen molar-refractivity contribution in [1.82, 2.24) is 16.0 Å². The van der Waals surface area contributed by atoms with Crippen molar-refractivity contribution in [1.29, 1.82) is 0 Å². The SMILES string of the molecule is CN[C@@H]1[C@@H](O)[C@@H](O[C@H]2[C@H](NC(=O)C3(O)CC3N)C[C@H](N)C(O[C@H]3OC(CN)=CC[C@H]3NCC(O)CCN)[C@@H]2O)OC[C@]1(C)O. The van der Waals surface area contributed by atoms with Crippen LogP contribution in [-0.4, -0.2) is 149 Å². The van der Waals surface area contributed by atoms with Gasteiger partial charge in [0.05, 0.1) is 37.4 Å². The van der Waals surface area contributed by atoms with Gasteiger partial charge >= 0.3 is 0 Å². The highest BCUT2D eigenvalue weighted by atomic mass is 16.7. The van der Waals surface area contributed by atoms with Crippen LogP contribution in [0.5, 0.6) is 0 Å². The second-order valence-electron chi connectivity index (χ2n) is 12.5. The zero-order chi connectivity index (χ0) is 32.4. The van der Waals surface area contributed by atoms with Gasteiger partial charge in [0.15, 0.2) is 11.9 Å². The minimum absolute atomic E-state index is 0.0407. The fourth-order valence-electron chi connectivity index (χ4n) is 6.11. The van der Waals surface area contributed by atoms with Crippen molar-refractivity contribution >= 4 is 5.91 Å². The van der Waals surface area contributed by atoms with E-state index in [2.05, 4.69) is 16.0 Å². The predicted molar refractivity (Wildman–Crippen MR) is 155 cm³/mol. The van der Waals surface area contributed by atoms with Crippen LogP contribution in [0, 0.1) is 0 Å². The highest BCUT2D eigenvalue weighted by Crippen LogP contribution is 2.36. The molecule has 4 rings (SSSR count). The van der Waals surface area contributed by atoms with Crippen LogP contribution >= 0.6 is 0 Å². The van der Waals surface area contributed by atoms with Gasteiger partial charge in [0, 0.05) is 25.0 Å². The molecule has 4 unspecified atom stereocenters. The predicted octanol–water partition coefficient (Wildman–Crippen LogP) is -5.89. The van der Waals surface area contributed by atoms with Crippen LogP contribution in [0.25, 0.3) is 0 Å². The van der Waals surface area contributed by atoms with Crippen LogP contribution < -0.4 is 38.9 Å². The minimum atomic E-state index is -1.75. The fourth-order valence-corrected chi connectivity index (χ4v) is 6.11. The standard InChI is InChI=1S/C27H51N7O10/c1-26(39)11-41-24(19(37)22(26)32-2)44-21-16(34-25(38)27(40)8-17(27)31)7-14(30)20(18(21)36)43-23-15(4-3-13(9-29)42-23)33-10-12(35)5-6-28/h3,12,14-24,32-33,35-37,39-40H,4-11,28-31H2,1-2H3,(H,34,38)/t12?,14-,15+,16+,17?,18-,19+,20?,21-,22+,23+,24+,26-,27?/m0/s1. The first-order chi connectivity index (χ1) is 20.7. The molecule has 0 aromatic carbocycles. The number of nitrogens with two attached hydrogens (primary N) is 4. The van der Waals surface area contributed by atoms with Crippen molar-refractivity contribution in [2.45, 2.75) is 117 Å². The third-order valence-corrected chi connectivity index (χ3v) is 8.95. The summed E-state index contributed by atoms with van der Waals surface area (Å²) in [6.45, 7) is 1.96. The molecule has 17 heteroatoms. The maximum atomic E-state index is 12.9. The van der Waals surface area contributed by atoms with Gasteiger partial charge < -0.3 is 83.4 Å². The summed E-state index contributed by atoms with van der Waals surface area (Å²) >= 11 is 0. The van der Waals surface area contributed by atoms with Crippen LogP contribution in [0.1, 0.15) is 32.6 Å². The number of carbonyl (C=O) groups is 1. The first-order valence-electron chi connectivity index (χ1n) is 15.2. The average molecular weight is 634 g/mol. The summed E-state index contributed by atoms with van der Waals surface area (Å²) in [5, 5.41) is 62.8. The van der Waals surface area contributed by atoms with E-state index in [1.165, 1.54) is 6.92 Å². The highest BCUT2D eigenvalue weighted by molar-refractivity contribution is 5.89. The molecular weight excluding hydrogens is 582 g/mol. The van der Waals surface area contributed by atoms with E-state index in [1.807, 2.05) is 6.08 Å². The quantitative estimate of drug-likeness (QED) is 0.0898. The molecule has 0 bridgehead atoms. The number of aliphatic hydroxyl groups is 5. The third kappa shape index (κ3) is 7.69. The summed E-state index contributed by atoms with van der Waals surface area (Å²) in [6, 6.07) is -3.81. The lowest BCUT2D eigenvalue weighted by atomic mass is 9.83. The van der Waals surface area contributed by atoms with Gasteiger partial charge in [-0.25, -0.2) is 0 Å². The fraction of sp³-hybridized carbons (Fsp3) is 0.889. The third-order valence-electron chi connectivity index (χ3n) is 8.95. The monoisotopic (exact) mass is 633 g/mol. The van der Waals surface area contributed by atoms with E-state index in [0.717, 1.165) is 0 Å². The molecule has 0 radical (unpaired) electrons. The van der Waals surface area contributed by atoms with Crippen LogP contribution in [-0.2, 0) is 23.7 Å². The van der Waals surface area contributed by atoms with Gasteiger partial charge in [0.2, 0.25) is 6.29 Å². The van der Waals surface area contributed by atoms with E-state index in [9.17, 15) is 30.3 Å². The van der Waals surface area contributed by atoms with Gasteiger partial charge in [-0.15, -0.1) is 0 Å². The summed E-state index contributed by atoms with van der Waals surface area (Å²) in [5.74, 6) is -0.262. The first-order valence-corrected chi connectivity index (χ1v) is 15.2. The van der Waals surface area contributed by atoms with Crippen molar-refractivity contribution in [3.63, 3.8) is 0 Å². The second kappa shape index (κ2) is 14.5. The van der Waals surface area contributed by atoms with E-state index < -0.39 is 90.4 Å². The van der Waals surface area contributed by atoms with Gasteiger partial charge in [0.1, 0.15) is 35.8 Å². The normalized spacial score (nSPS) is 44.8. The van der Waals surface area contributed by atoms with E-state index >= 15 is 0 Å². The zero-order valence-electron chi connectivity index (χ0n) is 25.2. The molecule has 0 aromatic heterocycles. The molecule has 2 aliphatic carbocycles. The maximum Gasteiger partial charge on any atom is 0.253 e. The maximum absolute atomic E-state index is 12.9. The summed E-state index contributed by atoms with van der Waals surface area (Å²) < 4.78 is 24.0. The number of hydrogen-bond donors (Lipinski definition) is 12. The van der Waals surface area contributed by atoms with Crippen molar-refractivity contribution in [2.75, 3.05) is 33.3 Å². The lowest BCUT2D eigenvalue weighted by Crippen LogP contribution is -2.69. The van der Waals surface area contributed by atoms with Crippen LogP contribution in [0.3, 0.4) is 0 Å². The summed E-state index contributed by atoms with van der Waals surface area (Å²) in [6.07, 6.45) is -5.39. The van der Waals surface area contributed by atoms with E-state index in [1.54, 1.807) is 7.05 Å². The Hall–Kier alpha value is -1.55. The number of hydrogen-bond acceptors (Lipinski definition) is 16. The topological polar surface area (TPSA) is 295 Å². The molecule has 17 nitrogen and oxygen atoms in total. The van der Waals surface area contributed by atoms with Gasteiger partial charge in [-0.1, -0.05) is 0 Å². The molecule has 16 N–H and O–H groups in total. The Morgan fingerprint density at radius 3 is 2.43 bits per heavy atom. The number of carbonyl (C=O) groups excluding carboxylic acids is 1. The van der Waals surface area contributed by atoms with Crippen molar-refractivity contribution in [3.8, 4) is 0 Å². The molecule has 4 aliphatic rings. The highest BCUT2D eigenvalue weighted by Gasteiger charge is 2.59. The van der Waals surface area contributed by atoms with Crippen LogP contribution in [0.4, 0.5) is 0 Å². The molecule has 2 saturated carbocycles. The zero-order valence-corrected chi connectivity index (χ0v) is 25.2. The molecule has 0 aromatic rings. The van der Waals surface area contributed by atoms with Crippen molar-refractivity contribution in [2.24, 2.45) is 22.9 Å². The average Bonchev–Trinajstić information content (AvgIpc) is 3.60. The summed E-state index contributed by atoms with van der Waals surface area (Å²) in [7, 11) is 1.57. The molecular formula is C27H51N7O10. The number of aliphatic hydroxyl groups excluding tert-OH is 3. The Morgan fingerprint density at radius 2 is 1.82 bits per heavy atom. The number of nitrogens with one attached hydrogen (secondary N) is 3. The molecule has 3 fully saturated rings. The largest absolute Gasteiger partial charge is 0.467 e. The molecule has 2 heterocycles. The van der Waals surface area contributed by atoms with E-state index in [4.69, 9.17) is 41.9 Å². The smallest absolute Gasteiger partial charge is 0.253 e. The Morgan fingerprint density at radius 1 is 1.14 bits per heavy atom. The number of ether oxygens (including phenoxy) is 4. The number of rotatable bonds is 13. The Balaban J connectivity index is 1.54. The van der Waals surface area contributed by atoms with Gasteiger partial charge in [-0.2, -0.15) is 0 Å². The van der Waals surface area contributed by atoms with Gasteiger partial charge in [0.25, 0.3) is 5.91 Å². The van der Waals surface area contributed by atoms with E-state index in [0.29, 0.717) is 25.1 Å². The van der Waals surface area contributed by atoms with Gasteiger partial charge in [-0.05, 0) is 45.9 Å². The van der Waals surface area contributed by atoms with Crippen LogP contribution in [0.15, 0.2) is 11.8 Å². The Labute approximate surface area is 256 Å². The van der Waals surface area contributed by atoms with Crippen molar-refractivity contribution < 1.29 is 49.3 Å². The minimum Gasteiger partial charge on any atom is -0.467 e. The molecule has 2 aliphatic heterocycles. The lowest BCUT2D eigenvalue weighted by molar-refractivity contribution is -0.304. The second-order valence-corrected chi connectivity index (χ2v) is 12.5. The van der Waals surface area contributed by atoms with Crippen molar-refractivity contribution in [3.05, 3.63) is 11.8 Å². The Kier molecular flexibility index (Phi) is 11.6. The molecule has 1 amide bonds. The van der Waals surface area contributed by atoms with Gasteiger partial charge in [-0.3, -0.25) is 4.79 Å². The first kappa shape index (κ1) is 35.3. The number of amides is 1. The summed E-state index contributed by atoms with van der Waals surface area (Å²) in [5.41, 5.74) is 20.5. The van der Waals surface area contributed by atoms with E-state index in [-0.39, 0.29) is 32.5 Å². The summed E-state index contributed by atoms with van der Waals surface area (Å²) in [4.78, 5) is 12.9. The Bertz CT molecular complexity index is 1010. The molecule has 0 spiro atoms. The van der Waals surface area contributed by atoms with Crippen LogP contribution in [0.2, 0.25) is 0 Å².